The Morgan fingerprint density at radius 3 is 2.55 bits per heavy atom. The summed E-state index contributed by atoms with van der Waals surface area (Å²) in [5.74, 6) is 4.68. The molecule has 1 unspecified atom stereocenters. The molecule has 0 aliphatic carbocycles. The number of urea groups is 1. The van der Waals surface area contributed by atoms with Crippen LogP contribution in [-0.2, 0) is 20.9 Å². The molecule has 29 heavy (non-hydrogen) atoms. The molecule has 0 bridgehead atoms. The van der Waals surface area contributed by atoms with Gasteiger partial charge in [0.1, 0.15) is 18.0 Å². The maximum atomic E-state index is 13.1. The zero-order chi connectivity index (χ0) is 20.9. The second kappa shape index (κ2) is 6.86. The molecule has 0 saturated carbocycles. The molecule has 3 aliphatic rings. The summed E-state index contributed by atoms with van der Waals surface area (Å²) in [6, 6.07) is 4.31. The second-order valence-corrected chi connectivity index (χ2v) is 8.31. The number of hydrogen-bond acceptors (Lipinski definition) is 9. The summed E-state index contributed by atoms with van der Waals surface area (Å²) in [5, 5.41) is 11.3. The predicted octanol–water partition coefficient (Wildman–Crippen LogP) is -0.812. The van der Waals surface area contributed by atoms with Gasteiger partial charge in [-0.3, -0.25) is 24.8 Å². The molecule has 1 aromatic carbocycles. The minimum Gasteiger partial charge on any atom is -0.458 e. The quantitative estimate of drug-likeness (QED) is 0.154. The first-order valence-electron chi connectivity index (χ1n) is 8.73. The van der Waals surface area contributed by atoms with Gasteiger partial charge in [0.25, 0.3) is 5.69 Å². The number of hydrogen-bond donors (Lipinski definition) is 2. The van der Waals surface area contributed by atoms with Crippen LogP contribution < -0.4 is 11.6 Å². The monoisotopic (exact) mass is 422 g/mol. The van der Waals surface area contributed by atoms with Crippen LogP contribution in [0, 0.1) is 10.1 Å². The first-order valence-corrected chi connectivity index (χ1v) is 9.61. The van der Waals surface area contributed by atoms with Crippen molar-refractivity contribution in [2.45, 2.75) is 22.9 Å². The number of thioether (sulfide) groups is 1. The number of amides is 3. The van der Waals surface area contributed by atoms with Gasteiger partial charge >= 0.3 is 12.0 Å². The largest absolute Gasteiger partial charge is 0.458 e. The Labute approximate surface area is 168 Å². The average molecular weight is 422 g/mol. The zero-order valence-corrected chi connectivity index (χ0v) is 15.9. The van der Waals surface area contributed by atoms with E-state index in [9.17, 15) is 24.5 Å². The van der Waals surface area contributed by atoms with Crippen molar-refractivity contribution in [3.05, 3.63) is 39.9 Å². The van der Waals surface area contributed by atoms with Crippen LogP contribution in [-0.4, -0.2) is 73.6 Å². The van der Waals surface area contributed by atoms with E-state index in [0.29, 0.717) is 5.56 Å². The number of carbonyl (C=O) groups is 3. The van der Waals surface area contributed by atoms with E-state index in [2.05, 4.69) is 0 Å². The van der Waals surface area contributed by atoms with Crippen molar-refractivity contribution < 1.29 is 24.0 Å². The van der Waals surface area contributed by atoms with Crippen LogP contribution in [0.4, 0.5) is 10.5 Å². The Balaban J connectivity index is 1.54. The number of benzene rings is 1. The third kappa shape index (κ3) is 2.97. The summed E-state index contributed by atoms with van der Waals surface area (Å²) in [6.45, 7) is 0.270. The molecule has 3 heterocycles. The standard InChI is InChI=1S/C16H18N6O6S/c17-11-12(23)19-8-16(29-13(11)19,20-5-6-21(18)15(20)25)14(24)28-7-9-1-3-10(4-2-9)22(26)27/h1-4,11,13H,5-8,17-18H2/t11-,13-,16?/m1/s1. The lowest BCUT2D eigenvalue weighted by Gasteiger charge is -2.38. The zero-order valence-electron chi connectivity index (χ0n) is 15.1. The van der Waals surface area contributed by atoms with E-state index in [4.69, 9.17) is 16.3 Å². The second-order valence-electron chi connectivity index (χ2n) is 6.91. The Bertz CT molecular complexity index is 896. The van der Waals surface area contributed by atoms with E-state index in [-0.39, 0.29) is 37.8 Å². The van der Waals surface area contributed by atoms with E-state index in [1.54, 1.807) is 0 Å². The average Bonchev–Trinajstić information content (AvgIpc) is 3.25. The van der Waals surface area contributed by atoms with Gasteiger partial charge in [0, 0.05) is 18.7 Å². The number of nitro groups is 1. The summed E-state index contributed by atoms with van der Waals surface area (Å²) in [6.07, 6.45) is 0. The molecule has 3 atom stereocenters. The maximum absolute atomic E-state index is 13.1. The molecule has 154 valence electrons. The highest BCUT2D eigenvalue weighted by atomic mass is 32.2. The van der Waals surface area contributed by atoms with Crippen molar-refractivity contribution in [2.24, 2.45) is 11.6 Å². The first kappa shape index (κ1) is 19.4. The fourth-order valence-electron chi connectivity index (χ4n) is 3.56. The third-order valence-corrected chi connectivity index (χ3v) is 6.89. The molecule has 3 fully saturated rings. The van der Waals surface area contributed by atoms with Crippen LogP contribution in [0.25, 0.3) is 0 Å². The summed E-state index contributed by atoms with van der Waals surface area (Å²) < 4.78 is 5.45. The van der Waals surface area contributed by atoms with Crippen molar-refractivity contribution in [2.75, 3.05) is 19.6 Å². The molecule has 3 saturated heterocycles. The highest BCUT2D eigenvalue weighted by Gasteiger charge is 2.65. The minimum absolute atomic E-state index is 0.0342. The van der Waals surface area contributed by atoms with Crippen LogP contribution in [0.2, 0.25) is 0 Å². The van der Waals surface area contributed by atoms with Gasteiger partial charge in [-0.05, 0) is 17.7 Å². The first-order chi connectivity index (χ1) is 13.7. The Hall–Kier alpha value is -2.90. The number of ether oxygens (including phenoxy) is 1. The number of nitrogens with two attached hydrogens (primary N) is 2. The molecule has 4 N–H and O–H groups in total. The lowest BCUT2D eigenvalue weighted by molar-refractivity contribution is -0.384. The highest BCUT2D eigenvalue weighted by Crippen LogP contribution is 2.49. The van der Waals surface area contributed by atoms with E-state index in [1.807, 2.05) is 0 Å². The lowest BCUT2D eigenvalue weighted by Crippen LogP contribution is -2.65. The number of rotatable bonds is 5. The predicted molar refractivity (Wildman–Crippen MR) is 99.7 cm³/mol. The Morgan fingerprint density at radius 1 is 1.31 bits per heavy atom. The van der Waals surface area contributed by atoms with Crippen LogP contribution >= 0.6 is 11.8 Å². The van der Waals surface area contributed by atoms with Gasteiger partial charge in [0.05, 0.1) is 18.0 Å². The van der Waals surface area contributed by atoms with Gasteiger partial charge in [0.2, 0.25) is 10.8 Å². The van der Waals surface area contributed by atoms with E-state index >= 15 is 0 Å². The summed E-state index contributed by atoms with van der Waals surface area (Å²) in [5.41, 5.74) is 6.30. The number of carbonyl (C=O) groups excluding carboxylic acids is 3. The fourth-order valence-corrected chi connectivity index (χ4v) is 5.19. The Morgan fingerprint density at radius 2 is 2.00 bits per heavy atom. The number of nitrogens with zero attached hydrogens (tertiary/aromatic N) is 4. The number of nitro benzene ring substituents is 1. The molecule has 3 aliphatic heterocycles. The van der Waals surface area contributed by atoms with Gasteiger partial charge < -0.3 is 15.4 Å². The Kier molecular flexibility index (Phi) is 4.59. The van der Waals surface area contributed by atoms with Crippen LogP contribution in [0.5, 0.6) is 0 Å². The number of non-ortho nitro benzene ring substituents is 1. The minimum atomic E-state index is -1.44. The van der Waals surface area contributed by atoms with Crippen LogP contribution in [0.15, 0.2) is 24.3 Å². The molecule has 3 amide bonds. The molecule has 13 heteroatoms. The molecule has 0 aromatic heterocycles. The normalized spacial score (nSPS) is 28.4. The van der Waals surface area contributed by atoms with E-state index < -0.39 is 33.2 Å². The SMILES string of the molecule is N[C@@H]1C(=O)N2CC(C(=O)OCc3ccc([N+](=O)[O-])cc3)(N3CCN(N)C3=O)S[C@H]12. The van der Waals surface area contributed by atoms with Gasteiger partial charge in [-0.25, -0.2) is 15.4 Å². The summed E-state index contributed by atoms with van der Waals surface area (Å²) in [7, 11) is 0. The molecule has 12 nitrogen and oxygen atoms in total. The van der Waals surface area contributed by atoms with E-state index in [0.717, 1.165) is 16.8 Å². The smallest absolute Gasteiger partial charge is 0.345 e. The number of hydrazine groups is 1. The summed E-state index contributed by atoms with van der Waals surface area (Å²) >= 11 is 1.11. The van der Waals surface area contributed by atoms with Crippen molar-refractivity contribution in [3.63, 3.8) is 0 Å². The lowest BCUT2D eigenvalue weighted by atomic mass is 10.1. The van der Waals surface area contributed by atoms with Gasteiger partial charge in [-0.15, -0.1) is 0 Å². The van der Waals surface area contributed by atoms with Gasteiger partial charge in [0.15, 0.2) is 0 Å². The van der Waals surface area contributed by atoms with Crippen molar-refractivity contribution in [1.29, 1.82) is 0 Å². The molecule has 0 spiro atoms. The third-order valence-electron chi connectivity index (χ3n) is 5.20. The van der Waals surface area contributed by atoms with Crippen molar-refractivity contribution in [3.8, 4) is 0 Å². The molecule has 0 radical (unpaired) electrons. The number of fused-ring (bicyclic) bond motifs is 1. The molecular weight excluding hydrogens is 404 g/mol. The highest BCUT2D eigenvalue weighted by molar-refractivity contribution is 8.02. The molecule has 4 rings (SSSR count). The van der Waals surface area contributed by atoms with Crippen molar-refractivity contribution >= 4 is 35.4 Å². The molecule has 1 aromatic rings. The topological polar surface area (TPSA) is 165 Å². The van der Waals surface area contributed by atoms with Crippen molar-refractivity contribution in [1.82, 2.24) is 14.8 Å². The van der Waals surface area contributed by atoms with Crippen LogP contribution in [0.3, 0.4) is 0 Å². The molecular formula is C16H18N6O6S. The summed E-state index contributed by atoms with van der Waals surface area (Å²) in [4.78, 5) is 49.1. The van der Waals surface area contributed by atoms with Gasteiger partial charge in [-0.1, -0.05) is 11.8 Å². The maximum Gasteiger partial charge on any atom is 0.345 e. The van der Waals surface area contributed by atoms with E-state index in [1.165, 1.54) is 34.1 Å². The van der Waals surface area contributed by atoms with Crippen LogP contribution in [0.1, 0.15) is 5.56 Å². The van der Waals surface area contributed by atoms with Gasteiger partial charge in [-0.2, -0.15) is 0 Å². The fraction of sp³-hybridized carbons (Fsp3) is 0.438. The number of β-lactam (4-membered cyclic amide) rings is 1. The number of esters is 1.